The van der Waals surface area contributed by atoms with Gasteiger partial charge in [-0.2, -0.15) is 5.26 Å². The molecule has 1 N–H and O–H groups in total. The van der Waals surface area contributed by atoms with E-state index >= 15 is 0 Å². The molecule has 25 heavy (non-hydrogen) atoms. The fourth-order valence-corrected chi connectivity index (χ4v) is 2.36. The van der Waals surface area contributed by atoms with Crippen LogP contribution in [-0.2, 0) is 4.79 Å². The van der Waals surface area contributed by atoms with E-state index in [0.717, 1.165) is 29.5 Å². The average molecular weight is 334 g/mol. The Morgan fingerprint density at radius 3 is 2.32 bits per heavy atom. The third kappa shape index (κ3) is 5.93. The van der Waals surface area contributed by atoms with Gasteiger partial charge in [0.15, 0.2) is 0 Å². The fourth-order valence-electron chi connectivity index (χ4n) is 2.36. The van der Waals surface area contributed by atoms with Gasteiger partial charge in [-0.3, -0.25) is 4.79 Å². The third-order valence-electron chi connectivity index (χ3n) is 3.98. The molecule has 0 aliphatic heterocycles. The molecule has 0 heterocycles. The highest BCUT2D eigenvalue weighted by atomic mass is 16.1. The highest BCUT2D eigenvalue weighted by Gasteiger charge is 2.15. The van der Waals surface area contributed by atoms with Gasteiger partial charge in [0.2, 0.25) is 0 Å². The summed E-state index contributed by atoms with van der Waals surface area (Å²) in [5, 5.41) is 11.9. The maximum absolute atomic E-state index is 12.4. The number of amides is 1. The van der Waals surface area contributed by atoms with Crippen LogP contribution in [-0.4, -0.2) is 5.91 Å². The molecule has 0 aliphatic rings. The molecule has 1 atom stereocenters. The first kappa shape index (κ1) is 20.2. The third-order valence-corrected chi connectivity index (χ3v) is 3.98. The normalized spacial score (nSPS) is 12.0. The number of nitrogens with zero attached hydrogens (tertiary/aromatic N) is 1. The van der Waals surface area contributed by atoms with Crippen molar-refractivity contribution in [3.05, 3.63) is 77.9 Å². The smallest absolute Gasteiger partial charge is 0.251 e. The molecule has 0 spiro atoms. The van der Waals surface area contributed by atoms with Crippen LogP contribution in [0.5, 0.6) is 0 Å². The molecule has 3 heteroatoms. The van der Waals surface area contributed by atoms with Gasteiger partial charge >= 0.3 is 0 Å². The lowest BCUT2D eigenvalue weighted by atomic mass is 9.98. The van der Waals surface area contributed by atoms with E-state index in [0.29, 0.717) is 16.7 Å². The lowest BCUT2D eigenvalue weighted by molar-refractivity contribution is -0.117. The van der Waals surface area contributed by atoms with E-state index < -0.39 is 0 Å². The first-order valence-electron chi connectivity index (χ1n) is 8.33. The highest BCUT2D eigenvalue weighted by Crippen LogP contribution is 2.22. The first-order chi connectivity index (χ1) is 11.8. The van der Waals surface area contributed by atoms with Crippen molar-refractivity contribution in [2.75, 3.05) is 0 Å². The van der Waals surface area contributed by atoms with E-state index in [1.54, 1.807) is 13.0 Å². The van der Waals surface area contributed by atoms with Crippen LogP contribution in [0.4, 0.5) is 0 Å². The van der Waals surface area contributed by atoms with E-state index in [4.69, 9.17) is 5.26 Å². The Morgan fingerprint density at radius 2 is 1.84 bits per heavy atom. The van der Waals surface area contributed by atoms with Crippen molar-refractivity contribution in [2.24, 2.45) is 0 Å². The van der Waals surface area contributed by atoms with Crippen molar-refractivity contribution in [3.63, 3.8) is 0 Å². The molecular formula is C22H26N2O. The van der Waals surface area contributed by atoms with Crippen LogP contribution in [0.2, 0.25) is 0 Å². The lowest BCUT2D eigenvalue weighted by Crippen LogP contribution is -2.29. The van der Waals surface area contributed by atoms with Crippen molar-refractivity contribution in [1.82, 2.24) is 5.32 Å². The molecule has 130 valence electrons. The Morgan fingerprint density at radius 1 is 1.24 bits per heavy atom. The van der Waals surface area contributed by atoms with Crippen LogP contribution < -0.4 is 5.32 Å². The van der Waals surface area contributed by atoms with Gasteiger partial charge in [-0.15, -0.1) is 0 Å². The van der Waals surface area contributed by atoms with E-state index in [1.165, 1.54) is 0 Å². The summed E-state index contributed by atoms with van der Waals surface area (Å²) in [5.41, 5.74) is 4.43. The van der Waals surface area contributed by atoms with E-state index in [-0.39, 0.29) is 11.9 Å². The van der Waals surface area contributed by atoms with Gasteiger partial charge in [-0.1, -0.05) is 62.9 Å². The lowest BCUT2D eigenvalue weighted by Gasteiger charge is -2.19. The van der Waals surface area contributed by atoms with E-state index in [9.17, 15) is 4.79 Å². The topological polar surface area (TPSA) is 52.9 Å². The number of carbonyl (C=O) groups is 1. The van der Waals surface area contributed by atoms with Crippen molar-refractivity contribution < 1.29 is 4.79 Å². The summed E-state index contributed by atoms with van der Waals surface area (Å²) in [6, 6.07) is 9.96. The largest absolute Gasteiger partial charge is 0.345 e. The number of nitrogens with one attached hydrogen (secondary N) is 1. The Kier molecular flexibility index (Phi) is 7.62. The molecule has 0 aliphatic carbocycles. The number of hydrogen-bond acceptors (Lipinski definition) is 2. The number of allylic oxidation sites excluding steroid dienone is 3. The summed E-state index contributed by atoms with van der Waals surface area (Å²) in [7, 11) is 0. The zero-order valence-electron chi connectivity index (χ0n) is 15.4. The summed E-state index contributed by atoms with van der Waals surface area (Å²) in [4.78, 5) is 12.4. The van der Waals surface area contributed by atoms with Gasteiger partial charge in [0.25, 0.3) is 5.91 Å². The van der Waals surface area contributed by atoms with Gasteiger partial charge < -0.3 is 5.32 Å². The van der Waals surface area contributed by atoms with Crippen molar-refractivity contribution >= 4 is 11.5 Å². The summed E-state index contributed by atoms with van der Waals surface area (Å²) in [6.45, 7) is 17.2. The van der Waals surface area contributed by atoms with Gasteiger partial charge in [0, 0.05) is 11.1 Å². The van der Waals surface area contributed by atoms with Crippen LogP contribution in [0.3, 0.4) is 0 Å². The fraction of sp³-hybridized carbons (Fsp3) is 0.273. The minimum Gasteiger partial charge on any atom is -0.345 e. The predicted molar refractivity (Wildman–Crippen MR) is 105 cm³/mol. The molecule has 0 fully saturated rings. The standard InChI is InChI=1S/C22H26N2O/c1-7-8-21(20-11-9-19(10-12-20)15(2)3)24-22(25)17(5)13-16(4)18(6)14-23/h9-13,21H,2,5-8H2,1,3-4H3,(H,24,25)/b16-13+/t21-/m0/s1. The molecule has 1 aromatic rings. The van der Waals surface area contributed by atoms with Crippen molar-refractivity contribution in [1.29, 1.82) is 5.26 Å². The van der Waals surface area contributed by atoms with Crippen molar-refractivity contribution in [3.8, 4) is 6.07 Å². The van der Waals surface area contributed by atoms with E-state index in [2.05, 4.69) is 32.0 Å². The van der Waals surface area contributed by atoms with Crippen molar-refractivity contribution in [2.45, 2.75) is 39.7 Å². The molecule has 0 unspecified atom stereocenters. The van der Waals surface area contributed by atoms with Crippen LogP contribution in [0, 0.1) is 11.3 Å². The predicted octanol–water partition coefficient (Wildman–Crippen LogP) is 5.26. The second kappa shape index (κ2) is 9.44. The number of hydrogen-bond donors (Lipinski definition) is 1. The molecule has 0 bridgehead atoms. The monoisotopic (exact) mass is 334 g/mol. The molecule has 3 nitrogen and oxygen atoms in total. The summed E-state index contributed by atoms with van der Waals surface area (Å²) < 4.78 is 0. The second-order valence-electron chi connectivity index (χ2n) is 6.16. The maximum Gasteiger partial charge on any atom is 0.251 e. The average Bonchev–Trinajstić information content (AvgIpc) is 2.60. The number of nitriles is 1. The molecular weight excluding hydrogens is 308 g/mol. The number of rotatable bonds is 8. The maximum atomic E-state index is 12.4. The highest BCUT2D eigenvalue weighted by molar-refractivity contribution is 5.96. The molecule has 1 amide bonds. The molecule has 1 rings (SSSR count). The Hall–Kier alpha value is -2.86. The van der Waals surface area contributed by atoms with Gasteiger partial charge in [-0.05, 0) is 43.0 Å². The number of carbonyl (C=O) groups excluding carboxylic acids is 1. The molecule has 1 aromatic carbocycles. The SMILES string of the molecule is C=C(/C=C(\C)C(=C)C#N)C(=O)N[C@@H](CCC)c1ccc(C(=C)C)cc1. The van der Waals surface area contributed by atoms with Gasteiger partial charge in [0.1, 0.15) is 0 Å². The second-order valence-corrected chi connectivity index (χ2v) is 6.16. The summed E-state index contributed by atoms with van der Waals surface area (Å²) >= 11 is 0. The minimum atomic E-state index is -0.243. The minimum absolute atomic E-state index is 0.0821. The van der Waals surface area contributed by atoms with Crippen LogP contribution in [0.25, 0.3) is 5.57 Å². The zero-order chi connectivity index (χ0) is 19.0. The van der Waals surface area contributed by atoms with Crippen LogP contribution >= 0.6 is 0 Å². The molecule has 0 saturated carbocycles. The quantitative estimate of drug-likeness (QED) is 0.400. The first-order valence-corrected chi connectivity index (χ1v) is 8.33. The van der Waals surface area contributed by atoms with E-state index in [1.807, 2.05) is 37.3 Å². The number of benzene rings is 1. The summed E-state index contributed by atoms with van der Waals surface area (Å²) in [5.74, 6) is -0.243. The Balaban J connectivity index is 2.92. The van der Waals surface area contributed by atoms with Crippen LogP contribution in [0.1, 0.15) is 50.8 Å². The molecule has 0 radical (unpaired) electrons. The Labute approximate surface area is 151 Å². The molecule has 0 saturated heterocycles. The Bertz CT molecular complexity index is 745. The van der Waals surface area contributed by atoms with Gasteiger partial charge in [-0.25, -0.2) is 0 Å². The molecule has 0 aromatic heterocycles. The zero-order valence-corrected chi connectivity index (χ0v) is 15.4. The van der Waals surface area contributed by atoms with Crippen LogP contribution in [0.15, 0.2) is 66.8 Å². The van der Waals surface area contributed by atoms with Gasteiger partial charge in [0.05, 0.1) is 12.1 Å². The summed E-state index contributed by atoms with van der Waals surface area (Å²) in [6.07, 6.45) is 3.37.